The fourth-order valence-corrected chi connectivity index (χ4v) is 6.70. The smallest absolute Gasteiger partial charge is 0.119 e. The molecule has 0 spiro atoms. The molecule has 1 heteroatoms. The van der Waals surface area contributed by atoms with Crippen LogP contribution in [-0.2, 0) is 6.42 Å². The Morgan fingerprint density at radius 3 is 1.75 bits per heavy atom. The van der Waals surface area contributed by atoms with Gasteiger partial charge in [-0.1, -0.05) is 115 Å². The number of rotatable bonds is 17. The van der Waals surface area contributed by atoms with Crippen molar-refractivity contribution in [3.05, 3.63) is 42.0 Å². The fraction of sp³-hybridized carbons (Fsp3) is 0.771. The molecule has 0 radical (unpaired) electrons. The van der Waals surface area contributed by atoms with Gasteiger partial charge in [0.25, 0.3) is 0 Å². The Kier molecular flexibility index (Phi) is 14.7. The lowest BCUT2D eigenvalue weighted by Crippen LogP contribution is -2.15. The van der Waals surface area contributed by atoms with Gasteiger partial charge in [-0.3, -0.25) is 0 Å². The second kappa shape index (κ2) is 18.1. The molecule has 204 valence electrons. The van der Waals surface area contributed by atoms with E-state index in [0.717, 1.165) is 48.9 Å². The average molecular weight is 495 g/mol. The van der Waals surface area contributed by atoms with Gasteiger partial charge in [0, 0.05) is 0 Å². The first-order valence-electron chi connectivity index (χ1n) is 16.1. The Balaban J connectivity index is 1.20. The highest BCUT2D eigenvalue weighted by molar-refractivity contribution is 5.27. The zero-order valence-electron chi connectivity index (χ0n) is 24.0. The fourth-order valence-electron chi connectivity index (χ4n) is 6.70. The molecular formula is C35H58O. The summed E-state index contributed by atoms with van der Waals surface area (Å²) in [7, 11) is 0. The normalized spacial score (nSPS) is 24.8. The van der Waals surface area contributed by atoms with Crippen molar-refractivity contribution in [1.29, 1.82) is 0 Å². The molecule has 0 atom stereocenters. The summed E-state index contributed by atoms with van der Waals surface area (Å²) in [5.41, 5.74) is 1.43. The molecule has 0 saturated heterocycles. The van der Waals surface area contributed by atoms with E-state index in [-0.39, 0.29) is 0 Å². The van der Waals surface area contributed by atoms with Gasteiger partial charge in [-0.2, -0.15) is 0 Å². The van der Waals surface area contributed by atoms with Crippen LogP contribution in [0.1, 0.15) is 141 Å². The maximum Gasteiger partial charge on any atom is 0.119 e. The lowest BCUT2D eigenvalue weighted by molar-refractivity contribution is 0.228. The molecule has 0 unspecified atom stereocenters. The van der Waals surface area contributed by atoms with Crippen molar-refractivity contribution >= 4 is 0 Å². The topological polar surface area (TPSA) is 9.23 Å². The van der Waals surface area contributed by atoms with E-state index in [2.05, 4.69) is 50.3 Å². The molecule has 1 nitrogen and oxygen atoms in total. The van der Waals surface area contributed by atoms with E-state index in [1.54, 1.807) is 0 Å². The summed E-state index contributed by atoms with van der Waals surface area (Å²) in [5, 5.41) is 0. The molecule has 0 amide bonds. The summed E-state index contributed by atoms with van der Waals surface area (Å²) >= 11 is 0. The molecule has 2 aliphatic rings. The largest absolute Gasteiger partial charge is 0.494 e. The quantitative estimate of drug-likeness (QED) is 0.154. The summed E-state index contributed by atoms with van der Waals surface area (Å²) in [5.74, 6) is 4.88. The molecule has 2 aliphatic carbocycles. The second-order valence-corrected chi connectivity index (χ2v) is 12.3. The van der Waals surface area contributed by atoms with E-state index >= 15 is 0 Å². The number of benzene rings is 1. The minimum Gasteiger partial charge on any atom is -0.494 e. The standard InChI is InChI=1S/C35H58O/c1-3-5-7-12-30-17-19-32(20-18-30)14-9-10-15-33-25-27-35(28-26-33)36-29-11-16-34-23-21-31(22-24-34)13-8-6-4-2/h9,14,25-28,30-32,34H,3-8,10-13,15-24,29H2,1-2H3. The third-order valence-electron chi connectivity index (χ3n) is 9.25. The molecule has 1 aromatic carbocycles. The molecule has 0 aromatic heterocycles. The molecule has 2 saturated carbocycles. The van der Waals surface area contributed by atoms with Gasteiger partial charge in [0.15, 0.2) is 0 Å². The van der Waals surface area contributed by atoms with E-state index in [1.165, 1.54) is 121 Å². The van der Waals surface area contributed by atoms with Gasteiger partial charge >= 0.3 is 0 Å². The van der Waals surface area contributed by atoms with Crippen molar-refractivity contribution in [1.82, 2.24) is 0 Å². The van der Waals surface area contributed by atoms with Gasteiger partial charge in [-0.05, 0) is 92.7 Å². The van der Waals surface area contributed by atoms with Crippen molar-refractivity contribution in [2.75, 3.05) is 6.61 Å². The third-order valence-corrected chi connectivity index (χ3v) is 9.25. The van der Waals surface area contributed by atoms with Crippen LogP contribution in [0, 0.1) is 23.7 Å². The predicted octanol–water partition coefficient (Wildman–Crippen LogP) is 11.1. The Bertz CT molecular complexity index is 673. The van der Waals surface area contributed by atoms with Crippen LogP contribution in [0.3, 0.4) is 0 Å². The van der Waals surface area contributed by atoms with E-state index in [1.807, 2.05) is 0 Å². The Labute approximate surface area is 224 Å². The maximum absolute atomic E-state index is 6.07. The summed E-state index contributed by atoms with van der Waals surface area (Å²) in [4.78, 5) is 0. The number of ether oxygens (including phenoxy) is 1. The van der Waals surface area contributed by atoms with Crippen molar-refractivity contribution in [3.8, 4) is 5.75 Å². The molecule has 0 aliphatic heterocycles. The Morgan fingerprint density at radius 2 is 1.19 bits per heavy atom. The van der Waals surface area contributed by atoms with Crippen molar-refractivity contribution in [2.24, 2.45) is 23.7 Å². The van der Waals surface area contributed by atoms with Crippen LogP contribution < -0.4 is 4.74 Å². The summed E-state index contributed by atoms with van der Waals surface area (Å²) < 4.78 is 6.07. The zero-order valence-corrected chi connectivity index (χ0v) is 24.0. The van der Waals surface area contributed by atoms with Crippen LogP contribution in [0.25, 0.3) is 0 Å². The Morgan fingerprint density at radius 1 is 0.667 bits per heavy atom. The molecule has 0 heterocycles. The van der Waals surface area contributed by atoms with Gasteiger partial charge in [-0.15, -0.1) is 0 Å². The monoisotopic (exact) mass is 494 g/mol. The van der Waals surface area contributed by atoms with Crippen LogP contribution in [0.15, 0.2) is 36.4 Å². The predicted molar refractivity (Wildman–Crippen MR) is 158 cm³/mol. The Hall–Kier alpha value is -1.24. The summed E-state index contributed by atoms with van der Waals surface area (Å²) in [6, 6.07) is 8.90. The van der Waals surface area contributed by atoms with E-state index in [4.69, 9.17) is 4.74 Å². The molecule has 1 aromatic rings. The second-order valence-electron chi connectivity index (χ2n) is 12.3. The first-order chi connectivity index (χ1) is 17.8. The minimum absolute atomic E-state index is 0.837. The maximum atomic E-state index is 6.07. The molecular weight excluding hydrogens is 436 g/mol. The highest BCUT2D eigenvalue weighted by Crippen LogP contribution is 2.34. The zero-order chi connectivity index (χ0) is 25.3. The van der Waals surface area contributed by atoms with Crippen LogP contribution >= 0.6 is 0 Å². The van der Waals surface area contributed by atoms with Gasteiger partial charge < -0.3 is 4.74 Å². The van der Waals surface area contributed by atoms with Crippen molar-refractivity contribution < 1.29 is 4.74 Å². The van der Waals surface area contributed by atoms with Crippen molar-refractivity contribution in [3.63, 3.8) is 0 Å². The lowest BCUT2D eigenvalue weighted by atomic mass is 9.78. The number of allylic oxidation sites excluding steroid dienone is 2. The average Bonchev–Trinajstić information content (AvgIpc) is 2.92. The van der Waals surface area contributed by atoms with Crippen LogP contribution in [-0.4, -0.2) is 6.61 Å². The summed E-state index contributed by atoms with van der Waals surface area (Å²) in [6.45, 7) is 5.50. The van der Waals surface area contributed by atoms with Crippen LogP contribution in [0.2, 0.25) is 0 Å². The van der Waals surface area contributed by atoms with E-state index in [0.29, 0.717) is 0 Å². The van der Waals surface area contributed by atoms with Crippen molar-refractivity contribution in [2.45, 2.75) is 142 Å². The van der Waals surface area contributed by atoms with E-state index < -0.39 is 0 Å². The number of hydrogen-bond donors (Lipinski definition) is 0. The van der Waals surface area contributed by atoms with E-state index in [9.17, 15) is 0 Å². The number of aryl methyl sites for hydroxylation is 1. The lowest BCUT2D eigenvalue weighted by Gasteiger charge is -2.28. The van der Waals surface area contributed by atoms with Gasteiger partial charge in [0.2, 0.25) is 0 Å². The summed E-state index contributed by atoms with van der Waals surface area (Å²) in [6.07, 6.45) is 32.9. The minimum atomic E-state index is 0.837. The SMILES string of the molecule is CCCCCC1CCC(C=CCCc2ccc(OCCCC3CCC(CCCCC)CC3)cc2)CC1. The van der Waals surface area contributed by atoms with Crippen LogP contribution in [0.4, 0.5) is 0 Å². The number of unbranched alkanes of at least 4 members (excludes halogenated alkanes) is 4. The molecule has 36 heavy (non-hydrogen) atoms. The first kappa shape index (κ1) is 29.3. The first-order valence-corrected chi connectivity index (χ1v) is 16.1. The van der Waals surface area contributed by atoms with Gasteiger partial charge in [0.1, 0.15) is 5.75 Å². The van der Waals surface area contributed by atoms with Gasteiger partial charge in [-0.25, -0.2) is 0 Å². The third kappa shape index (κ3) is 11.9. The highest BCUT2D eigenvalue weighted by Gasteiger charge is 2.21. The highest BCUT2D eigenvalue weighted by atomic mass is 16.5. The molecule has 0 N–H and O–H groups in total. The molecule has 3 rings (SSSR count). The number of hydrogen-bond acceptors (Lipinski definition) is 1. The van der Waals surface area contributed by atoms with Gasteiger partial charge in [0.05, 0.1) is 6.61 Å². The van der Waals surface area contributed by atoms with Crippen LogP contribution in [0.5, 0.6) is 5.75 Å². The molecule has 2 fully saturated rings. The molecule has 0 bridgehead atoms.